The third kappa shape index (κ3) is 1.34. The molecule has 0 radical (unpaired) electrons. The second kappa shape index (κ2) is 3.13. The highest BCUT2D eigenvalue weighted by atomic mass is 16.4. The van der Waals surface area contributed by atoms with Crippen molar-refractivity contribution in [3.05, 3.63) is 40.2 Å². The van der Waals surface area contributed by atoms with Crippen LogP contribution in [0.5, 0.6) is 5.75 Å². The lowest BCUT2D eigenvalue weighted by Crippen LogP contribution is -2.21. The van der Waals surface area contributed by atoms with Crippen LogP contribution in [0.3, 0.4) is 0 Å². The molecule has 0 saturated heterocycles. The maximum atomic E-state index is 11.3. The Morgan fingerprint density at radius 2 is 2.07 bits per heavy atom. The number of amidine groups is 1. The number of hydrogen-bond donors (Lipinski definition) is 3. The number of aromatic hydroxyl groups is 1. The Balaban J connectivity index is 2.97. The van der Waals surface area contributed by atoms with E-state index in [4.69, 9.17) is 15.6 Å². The first kappa shape index (κ1) is 9.26. The summed E-state index contributed by atoms with van der Waals surface area (Å²) in [6.07, 6.45) is 0. The maximum Gasteiger partial charge on any atom is 0.351 e. The lowest BCUT2D eigenvalue weighted by atomic mass is 10.1. The monoisotopic (exact) mass is 204 g/mol. The number of para-hydroxylation sites is 1. The van der Waals surface area contributed by atoms with Crippen LogP contribution in [0, 0.1) is 5.41 Å². The maximum absolute atomic E-state index is 11.3. The third-order valence-electron chi connectivity index (χ3n) is 2.06. The van der Waals surface area contributed by atoms with E-state index in [0.717, 1.165) is 0 Å². The zero-order chi connectivity index (χ0) is 11.0. The standard InChI is InChI=1S/C10H8N2O3/c11-9(12)7-8(13)5-3-1-2-4-6(5)15-10(7)14/h1-4,13H,(H3,11,12). The number of hydrogen-bond acceptors (Lipinski definition) is 4. The molecule has 0 spiro atoms. The molecule has 0 unspecified atom stereocenters. The molecule has 1 heterocycles. The van der Waals surface area contributed by atoms with Crippen molar-refractivity contribution in [2.24, 2.45) is 5.73 Å². The lowest BCUT2D eigenvalue weighted by molar-refractivity contribution is 0.466. The fraction of sp³-hybridized carbons (Fsp3) is 0. The quantitative estimate of drug-likeness (QED) is 0.363. The molecular formula is C10H8N2O3. The van der Waals surface area contributed by atoms with Gasteiger partial charge in [0.05, 0.1) is 5.39 Å². The van der Waals surface area contributed by atoms with Crippen LogP contribution in [0.4, 0.5) is 0 Å². The number of nitrogens with one attached hydrogen (secondary N) is 1. The van der Waals surface area contributed by atoms with Crippen LogP contribution in [0.25, 0.3) is 11.0 Å². The predicted molar refractivity (Wildman–Crippen MR) is 55.2 cm³/mol. The number of rotatable bonds is 1. The zero-order valence-corrected chi connectivity index (χ0v) is 7.65. The fourth-order valence-corrected chi connectivity index (χ4v) is 1.37. The third-order valence-corrected chi connectivity index (χ3v) is 2.06. The van der Waals surface area contributed by atoms with Crippen LogP contribution in [-0.2, 0) is 0 Å². The molecule has 0 aliphatic heterocycles. The average molecular weight is 204 g/mol. The highest BCUT2D eigenvalue weighted by Gasteiger charge is 2.15. The highest BCUT2D eigenvalue weighted by Crippen LogP contribution is 2.25. The Kier molecular flexibility index (Phi) is 1.93. The smallest absolute Gasteiger partial charge is 0.351 e. The molecule has 0 amide bonds. The van der Waals surface area contributed by atoms with E-state index in [1.807, 2.05) is 0 Å². The first-order chi connectivity index (χ1) is 7.11. The molecule has 1 aromatic carbocycles. The van der Waals surface area contributed by atoms with E-state index in [1.54, 1.807) is 24.3 Å². The number of nitrogens with two attached hydrogens (primary N) is 1. The molecule has 2 rings (SSSR count). The van der Waals surface area contributed by atoms with Gasteiger partial charge >= 0.3 is 5.63 Å². The van der Waals surface area contributed by atoms with E-state index in [9.17, 15) is 9.90 Å². The number of nitrogen functional groups attached to an aromatic ring is 1. The first-order valence-electron chi connectivity index (χ1n) is 4.20. The Labute approximate surface area is 84.3 Å². The zero-order valence-electron chi connectivity index (χ0n) is 7.65. The van der Waals surface area contributed by atoms with Gasteiger partial charge in [0, 0.05) is 0 Å². The molecule has 1 aromatic heterocycles. The van der Waals surface area contributed by atoms with Gasteiger partial charge in [0.1, 0.15) is 22.7 Å². The molecule has 0 atom stereocenters. The van der Waals surface area contributed by atoms with Gasteiger partial charge < -0.3 is 15.3 Å². The van der Waals surface area contributed by atoms with E-state index in [0.29, 0.717) is 5.39 Å². The molecule has 0 fully saturated rings. The minimum Gasteiger partial charge on any atom is -0.506 e. The second-order valence-electron chi connectivity index (χ2n) is 3.02. The van der Waals surface area contributed by atoms with Crippen LogP contribution in [0.2, 0.25) is 0 Å². The minimum atomic E-state index is -0.807. The minimum absolute atomic E-state index is 0.269. The van der Waals surface area contributed by atoms with Gasteiger partial charge in [-0.1, -0.05) is 12.1 Å². The summed E-state index contributed by atoms with van der Waals surface area (Å²) in [4.78, 5) is 11.3. The summed E-state index contributed by atoms with van der Waals surface area (Å²) in [5.41, 5.74) is 4.33. The molecule has 4 N–H and O–H groups in total. The molecule has 2 aromatic rings. The van der Waals surface area contributed by atoms with E-state index >= 15 is 0 Å². The SMILES string of the molecule is N=C(N)c1c(O)c2ccccc2oc1=O. The molecule has 0 saturated carbocycles. The first-order valence-corrected chi connectivity index (χ1v) is 4.20. The van der Waals surface area contributed by atoms with Gasteiger partial charge in [-0.3, -0.25) is 5.41 Å². The van der Waals surface area contributed by atoms with Crippen molar-refractivity contribution < 1.29 is 9.52 Å². The Hall–Kier alpha value is -2.30. The van der Waals surface area contributed by atoms with Gasteiger partial charge in [0.25, 0.3) is 0 Å². The van der Waals surface area contributed by atoms with E-state index in [2.05, 4.69) is 0 Å². The summed E-state index contributed by atoms with van der Waals surface area (Å²) < 4.78 is 4.90. The molecule has 0 aliphatic rings. The number of fused-ring (bicyclic) bond motifs is 1. The topological polar surface area (TPSA) is 100 Å². The normalized spacial score (nSPS) is 10.4. The average Bonchev–Trinajstić information content (AvgIpc) is 2.17. The summed E-state index contributed by atoms with van der Waals surface area (Å²) >= 11 is 0. The van der Waals surface area contributed by atoms with Crippen LogP contribution in [0.1, 0.15) is 5.56 Å². The molecule has 5 heteroatoms. The summed E-state index contributed by atoms with van der Waals surface area (Å²) in [7, 11) is 0. The predicted octanol–water partition coefficient (Wildman–Crippen LogP) is 0.783. The van der Waals surface area contributed by atoms with Gasteiger partial charge in [-0.05, 0) is 12.1 Å². The molecule has 15 heavy (non-hydrogen) atoms. The van der Waals surface area contributed by atoms with Crippen molar-refractivity contribution >= 4 is 16.8 Å². The summed E-state index contributed by atoms with van der Waals surface area (Å²) in [6, 6.07) is 6.50. The molecule has 0 bridgehead atoms. The molecule has 5 nitrogen and oxygen atoms in total. The van der Waals surface area contributed by atoms with Gasteiger partial charge in [0.15, 0.2) is 0 Å². The summed E-state index contributed by atoms with van der Waals surface area (Å²) in [5.74, 6) is -0.818. The molecule has 76 valence electrons. The van der Waals surface area contributed by atoms with Crippen molar-refractivity contribution in [1.29, 1.82) is 5.41 Å². The Morgan fingerprint density at radius 1 is 1.40 bits per heavy atom. The van der Waals surface area contributed by atoms with Crippen molar-refractivity contribution in [3.8, 4) is 5.75 Å². The summed E-state index contributed by atoms with van der Waals surface area (Å²) in [6.45, 7) is 0. The van der Waals surface area contributed by atoms with Crippen molar-refractivity contribution in [1.82, 2.24) is 0 Å². The highest BCUT2D eigenvalue weighted by molar-refractivity contribution is 6.01. The van der Waals surface area contributed by atoms with Gasteiger partial charge in [-0.15, -0.1) is 0 Å². The van der Waals surface area contributed by atoms with Crippen molar-refractivity contribution in [2.45, 2.75) is 0 Å². The van der Waals surface area contributed by atoms with E-state index in [-0.39, 0.29) is 16.9 Å². The Morgan fingerprint density at radius 3 is 2.73 bits per heavy atom. The fourth-order valence-electron chi connectivity index (χ4n) is 1.37. The van der Waals surface area contributed by atoms with Gasteiger partial charge in [0.2, 0.25) is 0 Å². The van der Waals surface area contributed by atoms with Crippen molar-refractivity contribution in [3.63, 3.8) is 0 Å². The summed E-state index contributed by atoms with van der Waals surface area (Å²) in [5, 5.41) is 17.2. The Bertz CT molecular complexity index is 601. The van der Waals surface area contributed by atoms with Crippen molar-refractivity contribution in [2.75, 3.05) is 0 Å². The van der Waals surface area contributed by atoms with Gasteiger partial charge in [-0.25, -0.2) is 4.79 Å². The van der Waals surface area contributed by atoms with Gasteiger partial charge in [-0.2, -0.15) is 0 Å². The molecular weight excluding hydrogens is 196 g/mol. The van der Waals surface area contributed by atoms with E-state index in [1.165, 1.54) is 0 Å². The second-order valence-corrected chi connectivity index (χ2v) is 3.02. The van der Waals surface area contributed by atoms with Crippen LogP contribution in [0.15, 0.2) is 33.5 Å². The largest absolute Gasteiger partial charge is 0.506 e. The lowest BCUT2D eigenvalue weighted by Gasteiger charge is -2.03. The molecule has 0 aliphatic carbocycles. The van der Waals surface area contributed by atoms with Crippen LogP contribution >= 0.6 is 0 Å². The number of benzene rings is 1. The van der Waals surface area contributed by atoms with Crippen LogP contribution < -0.4 is 11.4 Å². The van der Waals surface area contributed by atoms with Crippen LogP contribution in [-0.4, -0.2) is 10.9 Å². The van der Waals surface area contributed by atoms with E-state index < -0.39 is 11.5 Å².